The Bertz CT molecular complexity index is 5180. The van der Waals surface area contributed by atoms with E-state index in [0.29, 0.717) is 110 Å². The number of methoxy groups -OCH3 is 1. The number of anilines is 3. The van der Waals surface area contributed by atoms with E-state index >= 15 is 0 Å². The molecule has 0 amide bonds. The Balaban J connectivity index is 0.000000131. The van der Waals surface area contributed by atoms with Crippen LogP contribution < -0.4 is 39.6 Å². The number of halogens is 3. The van der Waals surface area contributed by atoms with Gasteiger partial charge in [0, 0.05) is 156 Å². The quantitative estimate of drug-likeness (QED) is 0.0812. The third kappa shape index (κ3) is 13.2. The Morgan fingerprint density at radius 1 is 0.495 bits per heavy atom. The first-order valence-electron chi connectivity index (χ1n) is 31.4. The van der Waals surface area contributed by atoms with Gasteiger partial charge in [-0.1, -0.05) is 6.07 Å². The van der Waals surface area contributed by atoms with Gasteiger partial charge < -0.3 is 39.6 Å². The van der Waals surface area contributed by atoms with Crippen molar-refractivity contribution in [2.75, 3.05) is 49.1 Å². The lowest BCUT2D eigenvalue weighted by Crippen LogP contribution is -2.10. The van der Waals surface area contributed by atoms with E-state index in [9.17, 15) is 21.6 Å². The molecule has 0 radical (unpaired) electrons. The first-order valence-corrected chi connectivity index (χ1v) is 33.3. The number of aryl methyl sites for hydroxylation is 6. The van der Waals surface area contributed by atoms with Crippen LogP contribution in [0.1, 0.15) is 81.3 Å². The molecule has 3 aliphatic heterocycles. The number of hydrogen-bond acceptors (Lipinski definition) is 20. The Morgan fingerprint density at radius 2 is 0.866 bits per heavy atom. The van der Waals surface area contributed by atoms with Gasteiger partial charge in [-0.2, -0.15) is 9.97 Å². The molecule has 23 nitrogen and oxygen atoms in total. The molecule has 498 valence electrons. The number of aromatic nitrogens is 13. The van der Waals surface area contributed by atoms with Gasteiger partial charge in [-0.3, -0.25) is 13.2 Å². The van der Waals surface area contributed by atoms with Crippen molar-refractivity contribution in [1.29, 1.82) is 0 Å². The summed E-state index contributed by atoms with van der Waals surface area (Å²) in [5.41, 5.74) is 16.3. The summed E-state index contributed by atoms with van der Waals surface area (Å²) < 4.78 is 100. The second kappa shape index (κ2) is 26.7. The van der Waals surface area contributed by atoms with Crippen molar-refractivity contribution >= 4 is 44.6 Å². The molecule has 0 fully saturated rings. The largest absolute Gasteiger partial charge is 0.493 e. The predicted octanol–water partition coefficient (Wildman–Crippen LogP) is 11.9. The van der Waals surface area contributed by atoms with Crippen LogP contribution in [0.25, 0.3) is 50.3 Å². The smallest absolute Gasteiger partial charge is 0.316 e. The van der Waals surface area contributed by atoms with Crippen LogP contribution in [0.4, 0.5) is 31.0 Å². The highest BCUT2D eigenvalue weighted by molar-refractivity contribution is 7.90. The van der Waals surface area contributed by atoms with Gasteiger partial charge in [0.1, 0.15) is 51.6 Å². The Morgan fingerprint density at radius 3 is 1.23 bits per heavy atom. The first-order chi connectivity index (χ1) is 46.7. The van der Waals surface area contributed by atoms with Gasteiger partial charge in [-0.15, -0.1) is 0 Å². The molecule has 0 saturated carbocycles. The minimum atomic E-state index is -3.30. The molecule has 3 aliphatic rings. The molecule has 3 N–H and O–H groups in total. The zero-order valence-corrected chi connectivity index (χ0v) is 55.8. The number of hydrogen-bond donors (Lipinski definition) is 3. The highest BCUT2D eigenvalue weighted by atomic mass is 32.2. The van der Waals surface area contributed by atoms with Gasteiger partial charge in [0.05, 0.1) is 66.4 Å². The van der Waals surface area contributed by atoms with Crippen molar-refractivity contribution in [1.82, 2.24) is 63.0 Å². The third-order valence-electron chi connectivity index (χ3n) is 16.9. The average Bonchev–Trinajstić information content (AvgIpc) is 1.74. The van der Waals surface area contributed by atoms with E-state index in [1.54, 1.807) is 67.4 Å². The minimum absolute atomic E-state index is 0.00817. The topological polar surface area (TPSA) is 259 Å². The van der Waals surface area contributed by atoms with Crippen LogP contribution in [-0.4, -0.2) is 111 Å². The molecule has 0 unspecified atom stereocenters. The maximum Gasteiger partial charge on any atom is 0.316 e. The molecule has 12 aromatic rings. The number of fused-ring (bicyclic) bond motifs is 6. The normalized spacial score (nSPS) is 12.9. The highest BCUT2D eigenvalue weighted by Crippen LogP contribution is 2.37. The summed E-state index contributed by atoms with van der Waals surface area (Å²) in [5, 5.41) is 9.79. The number of nitrogens with one attached hydrogen (secondary N) is 3. The lowest BCUT2D eigenvalue weighted by molar-refractivity contribution is 0.221. The molecule has 0 atom stereocenters. The molecule has 15 rings (SSSR count). The van der Waals surface area contributed by atoms with Crippen molar-refractivity contribution in [3.8, 4) is 62.7 Å². The Kier molecular flexibility index (Phi) is 17.8. The molecule has 11 heterocycles. The number of benzene rings is 4. The fourth-order valence-corrected chi connectivity index (χ4v) is 12.9. The second-order valence-electron chi connectivity index (χ2n) is 24.0. The average molecular weight is 1340 g/mol. The van der Waals surface area contributed by atoms with Crippen LogP contribution in [0.5, 0.6) is 29.3 Å². The number of ether oxygens (including phenoxy) is 5. The van der Waals surface area contributed by atoms with E-state index in [2.05, 4.69) is 60.8 Å². The summed E-state index contributed by atoms with van der Waals surface area (Å²) in [5.74, 6) is 3.13. The molecule has 4 aromatic carbocycles. The van der Waals surface area contributed by atoms with Crippen LogP contribution in [-0.2, 0) is 48.7 Å². The van der Waals surface area contributed by atoms with E-state index in [1.807, 2.05) is 87.2 Å². The molecule has 0 aliphatic carbocycles. The maximum atomic E-state index is 14.5. The summed E-state index contributed by atoms with van der Waals surface area (Å²) >= 11 is 0. The van der Waals surface area contributed by atoms with Gasteiger partial charge in [0.2, 0.25) is 17.8 Å². The van der Waals surface area contributed by atoms with Crippen LogP contribution in [0.15, 0.2) is 109 Å². The predicted molar refractivity (Wildman–Crippen MR) is 359 cm³/mol. The SMILES string of the molecule is COc1ncc(-c2cnc(NCc3c(F)ccc4c3CCO4)n3cc(C)nc23)c(C)n1.Cc1cn2c(NCc3c(F)ccc4c3CCO4)ncc(-c3ccc(S(C)(=O)=O)cc3C)c2n1.Cc1cn2c(NCc3c(F)ccc4c3CCO4)ncc(-c3cnc(OC(C)C)nc3C)c2n1. The molecular weight excluding hydrogens is 1270 g/mol. The Labute approximate surface area is 556 Å². The van der Waals surface area contributed by atoms with Crippen LogP contribution >= 0.6 is 0 Å². The van der Waals surface area contributed by atoms with Gasteiger partial charge >= 0.3 is 12.0 Å². The minimum Gasteiger partial charge on any atom is -0.493 e. The lowest BCUT2D eigenvalue weighted by Gasteiger charge is -2.14. The van der Waals surface area contributed by atoms with E-state index in [-0.39, 0.29) is 35.0 Å². The lowest BCUT2D eigenvalue weighted by atomic mass is 10.0. The van der Waals surface area contributed by atoms with Gasteiger partial charge in [0.15, 0.2) is 9.84 Å². The zero-order chi connectivity index (χ0) is 68.0. The van der Waals surface area contributed by atoms with Crippen molar-refractivity contribution in [2.24, 2.45) is 0 Å². The molecule has 27 heteroatoms. The van der Waals surface area contributed by atoms with Crippen molar-refractivity contribution in [3.63, 3.8) is 0 Å². The van der Waals surface area contributed by atoms with Crippen molar-refractivity contribution < 1.29 is 45.3 Å². The molecule has 0 spiro atoms. The van der Waals surface area contributed by atoms with Crippen molar-refractivity contribution in [3.05, 3.63) is 189 Å². The van der Waals surface area contributed by atoms with Crippen LogP contribution in [0, 0.1) is 59.0 Å². The number of nitrogens with zero attached hydrogens (tertiary/aromatic N) is 13. The summed E-state index contributed by atoms with van der Waals surface area (Å²) in [6.07, 6.45) is 17.5. The molecule has 97 heavy (non-hydrogen) atoms. The first kappa shape index (κ1) is 64.7. The fraction of sp³-hybridized carbons (Fsp3) is 0.286. The summed E-state index contributed by atoms with van der Waals surface area (Å²) in [7, 11) is -1.77. The molecule has 0 bridgehead atoms. The second-order valence-corrected chi connectivity index (χ2v) is 26.0. The van der Waals surface area contributed by atoms with Crippen LogP contribution in [0.2, 0.25) is 0 Å². The standard InChI is InChI=1S/C24H25FN6O2.C24H23FN4O3S.C22H21FN6O2/c1-13(2)33-24-28-9-17(15(4)30-24)19-11-27-23(31-12-14(3)29-22(19)31)26-10-18-16-7-8-32-21(16)6-5-20(18)25;1-14-10-16(33(3,30)31)4-5-17(14)20-12-27-24(29-13-15(2)28-23(20)29)26-11-19-18-8-9-32-22(18)7-6-21(19)25;1-12-11-29-20(27-12)17(15-8-26-22(30-3)28-13(15)2)10-25-21(29)24-9-16-14-6-7-31-19(14)5-4-18(16)23/h5-6,9,11-13H,7-8,10H2,1-4H3,(H,26,27);4-7,10,12-13H,8-9,11H2,1-3H3,(H,26,27);4-5,8,10-11H,6-7,9H2,1-3H3,(H,24,25). The van der Waals surface area contributed by atoms with Gasteiger partial charge in [0.25, 0.3) is 0 Å². The maximum absolute atomic E-state index is 14.5. The summed E-state index contributed by atoms with van der Waals surface area (Å²) in [6.45, 7) is 17.8. The third-order valence-corrected chi connectivity index (χ3v) is 18.0. The number of sulfone groups is 1. The van der Waals surface area contributed by atoms with E-state index in [4.69, 9.17) is 28.7 Å². The highest BCUT2D eigenvalue weighted by Gasteiger charge is 2.25. The number of rotatable bonds is 16. The molecule has 8 aromatic heterocycles. The van der Waals surface area contributed by atoms with Crippen LogP contribution in [0.3, 0.4) is 0 Å². The van der Waals surface area contributed by atoms with E-state index < -0.39 is 9.84 Å². The molecular formula is C70H69F3N16O7S. The molecule has 0 saturated heterocycles. The van der Waals surface area contributed by atoms with Gasteiger partial charge in [-0.05, 0) is 115 Å². The summed E-state index contributed by atoms with van der Waals surface area (Å²) in [6, 6.07) is 15.0. The Hall–Kier alpha value is -11.0. The van der Waals surface area contributed by atoms with E-state index in [0.717, 1.165) is 107 Å². The monoisotopic (exact) mass is 1330 g/mol. The number of imidazole rings is 3. The fourth-order valence-electron chi connectivity index (χ4n) is 12.2. The van der Waals surface area contributed by atoms with Crippen molar-refractivity contribution in [2.45, 2.75) is 105 Å². The van der Waals surface area contributed by atoms with E-state index in [1.165, 1.54) is 31.6 Å². The zero-order valence-electron chi connectivity index (χ0n) is 55.0. The summed E-state index contributed by atoms with van der Waals surface area (Å²) in [4.78, 5) is 45.5. The van der Waals surface area contributed by atoms with Gasteiger partial charge in [-0.25, -0.2) is 61.5 Å².